The second-order valence-electron chi connectivity index (χ2n) is 10.7. The lowest BCUT2D eigenvalue weighted by Gasteiger charge is -2.30. The van der Waals surface area contributed by atoms with E-state index in [0.29, 0.717) is 19.5 Å². The van der Waals surface area contributed by atoms with E-state index in [-0.39, 0.29) is 25.0 Å². The minimum atomic E-state index is -0.912. The Morgan fingerprint density at radius 1 is 0.975 bits per heavy atom. The molecule has 1 aliphatic carbocycles. The topological polar surface area (TPSA) is 99.2 Å². The highest BCUT2D eigenvalue weighted by Crippen LogP contribution is 2.44. The van der Waals surface area contributed by atoms with Crippen LogP contribution in [-0.4, -0.2) is 71.7 Å². The van der Waals surface area contributed by atoms with E-state index in [2.05, 4.69) is 29.6 Å². The average molecular weight is 542 g/mol. The normalized spacial score (nSPS) is 18.7. The number of carboxylic acids is 1. The molecule has 5 rings (SSSR count). The zero-order valence-corrected chi connectivity index (χ0v) is 22.8. The summed E-state index contributed by atoms with van der Waals surface area (Å²) in [5.41, 5.74) is 5.57. The highest BCUT2D eigenvalue weighted by Gasteiger charge is 2.41. The lowest BCUT2D eigenvalue weighted by molar-refractivity contribution is -0.143. The quantitative estimate of drug-likeness (QED) is 0.418. The predicted molar refractivity (Wildman–Crippen MR) is 152 cm³/mol. The summed E-state index contributed by atoms with van der Waals surface area (Å²) in [7, 11) is 1.89. The van der Waals surface area contributed by atoms with Crippen molar-refractivity contribution in [3.63, 3.8) is 0 Å². The lowest BCUT2D eigenvalue weighted by atomic mass is 9.98. The highest BCUT2D eigenvalue weighted by molar-refractivity contribution is 5.87. The van der Waals surface area contributed by atoms with Gasteiger partial charge in [-0.15, -0.1) is 0 Å². The van der Waals surface area contributed by atoms with Crippen LogP contribution in [0.5, 0.6) is 0 Å². The number of amides is 2. The molecule has 8 heteroatoms. The maximum Gasteiger partial charge on any atom is 0.407 e. The van der Waals surface area contributed by atoms with Crippen LogP contribution in [0.1, 0.15) is 36.0 Å². The van der Waals surface area contributed by atoms with Gasteiger partial charge in [0.15, 0.2) is 0 Å². The van der Waals surface area contributed by atoms with Crippen LogP contribution < -0.4 is 5.32 Å². The molecule has 2 amide bonds. The van der Waals surface area contributed by atoms with Crippen molar-refractivity contribution in [2.75, 3.05) is 26.7 Å². The number of carboxylic acid groups (broad SMARTS) is 1. The van der Waals surface area contributed by atoms with Gasteiger partial charge < -0.3 is 20.1 Å². The van der Waals surface area contributed by atoms with Crippen LogP contribution in [0, 0.1) is 5.92 Å². The largest absolute Gasteiger partial charge is 0.481 e. The van der Waals surface area contributed by atoms with Gasteiger partial charge >= 0.3 is 12.1 Å². The molecule has 1 saturated heterocycles. The van der Waals surface area contributed by atoms with E-state index in [4.69, 9.17) is 4.74 Å². The zero-order chi connectivity index (χ0) is 28.2. The number of likely N-dealkylation sites (tertiary alicyclic amines) is 1. The molecule has 8 nitrogen and oxygen atoms in total. The number of ether oxygens (including phenoxy) is 1. The number of benzene rings is 3. The molecule has 0 spiro atoms. The molecule has 3 unspecified atom stereocenters. The van der Waals surface area contributed by atoms with Crippen molar-refractivity contribution in [2.45, 2.75) is 37.9 Å². The molecule has 2 aliphatic rings. The summed E-state index contributed by atoms with van der Waals surface area (Å²) in [6.45, 7) is 3.06. The standard InChI is InChI=1S/C32H35N3O5/c1-21-23(31(37)38)16-17-35(21)30(36)29(19-34(2)18-22-10-4-3-5-11-22)33-32(39)40-20-28-26-14-8-6-12-24(26)25-13-7-9-15-27(25)28/h3-15,21,23,28-29H,16-20H2,1-2H3,(H,33,39)(H,37,38). The molecule has 0 bridgehead atoms. The van der Waals surface area contributed by atoms with E-state index in [1.807, 2.05) is 66.5 Å². The van der Waals surface area contributed by atoms with Gasteiger partial charge in [-0.2, -0.15) is 0 Å². The van der Waals surface area contributed by atoms with Crippen molar-refractivity contribution < 1.29 is 24.2 Å². The van der Waals surface area contributed by atoms with E-state index in [0.717, 1.165) is 27.8 Å². The molecule has 208 valence electrons. The molecule has 0 radical (unpaired) electrons. The Morgan fingerprint density at radius 3 is 2.17 bits per heavy atom. The molecule has 3 aromatic rings. The number of hydrogen-bond acceptors (Lipinski definition) is 5. The zero-order valence-electron chi connectivity index (χ0n) is 22.8. The average Bonchev–Trinajstić information content (AvgIpc) is 3.49. The number of hydrogen-bond donors (Lipinski definition) is 2. The maximum atomic E-state index is 13.7. The van der Waals surface area contributed by atoms with Crippen LogP contribution in [0.25, 0.3) is 11.1 Å². The smallest absolute Gasteiger partial charge is 0.407 e. The van der Waals surface area contributed by atoms with Gasteiger partial charge in [-0.3, -0.25) is 14.5 Å². The van der Waals surface area contributed by atoms with Crippen molar-refractivity contribution in [1.29, 1.82) is 0 Å². The molecular weight excluding hydrogens is 506 g/mol. The Bertz CT molecular complexity index is 1330. The van der Waals surface area contributed by atoms with Gasteiger partial charge in [0, 0.05) is 31.6 Å². The first-order valence-corrected chi connectivity index (χ1v) is 13.7. The molecular formula is C32H35N3O5. The summed E-state index contributed by atoms with van der Waals surface area (Å²) in [4.78, 5) is 42.0. The second-order valence-corrected chi connectivity index (χ2v) is 10.7. The molecule has 40 heavy (non-hydrogen) atoms. The van der Waals surface area contributed by atoms with E-state index in [1.165, 1.54) is 0 Å². The molecule has 3 aromatic carbocycles. The number of rotatable bonds is 9. The summed E-state index contributed by atoms with van der Waals surface area (Å²) in [6.07, 6.45) is -0.283. The third kappa shape index (κ3) is 5.72. The van der Waals surface area contributed by atoms with Crippen molar-refractivity contribution in [3.05, 3.63) is 95.6 Å². The molecule has 1 fully saturated rings. The first kappa shape index (κ1) is 27.4. The Kier molecular flexibility index (Phi) is 8.16. The first-order chi connectivity index (χ1) is 19.3. The van der Waals surface area contributed by atoms with Crippen molar-refractivity contribution >= 4 is 18.0 Å². The fourth-order valence-corrected chi connectivity index (χ4v) is 6.02. The van der Waals surface area contributed by atoms with Crippen molar-refractivity contribution in [1.82, 2.24) is 15.1 Å². The summed E-state index contributed by atoms with van der Waals surface area (Å²) in [6, 6.07) is 24.8. The monoisotopic (exact) mass is 541 g/mol. The van der Waals surface area contributed by atoms with E-state index in [1.54, 1.807) is 11.8 Å². The number of alkyl carbamates (subject to hydrolysis) is 1. The van der Waals surface area contributed by atoms with Crippen molar-refractivity contribution in [3.8, 4) is 11.1 Å². The Balaban J connectivity index is 1.29. The minimum Gasteiger partial charge on any atom is -0.481 e. The van der Waals surface area contributed by atoms with Crippen molar-refractivity contribution in [2.24, 2.45) is 5.92 Å². The second kappa shape index (κ2) is 11.9. The SMILES string of the molecule is CC1C(C(=O)O)CCN1C(=O)C(CN(C)Cc1ccccc1)NC(=O)OCC1c2ccccc2-c2ccccc21. The number of carbonyl (C=O) groups is 3. The maximum absolute atomic E-state index is 13.7. The Morgan fingerprint density at radius 2 is 1.57 bits per heavy atom. The van der Waals surface area contributed by atoms with Crippen LogP contribution in [0.15, 0.2) is 78.9 Å². The van der Waals surface area contributed by atoms with Gasteiger partial charge in [-0.05, 0) is 48.2 Å². The molecule has 0 aromatic heterocycles. The van der Waals surface area contributed by atoms with Crippen LogP contribution in [0.3, 0.4) is 0 Å². The molecule has 3 atom stereocenters. The van der Waals surface area contributed by atoms with Gasteiger partial charge in [0.2, 0.25) is 5.91 Å². The number of carbonyl (C=O) groups excluding carboxylic acids is 2. The molecule has 1 heterocycles. The summed E-state index contributed by atoms with van der Waals surface area (Å²) >= 11 is 0. The number of aliphatic carboxylic acids is 1. The molecule has 2 N–H and O–H groups in total. The van der Waals surface area contributed by atoms with Crippen LogP contribution in [-0.2, 0) is 20.9 Å². The number of fused-ring (bicyclic) bond motifs is 3. The van der Waals surface area contributed by atoms with E-state index in [9.17, 15) is 19.5 Å². The van der Waals surface area contributed by atoms with Gasteiger partial charge in [0.25, 0.3) is 0 Å². The first-order valence-electron chi connectivity index (χ1n) is 13.7. The highest BCUT2D eigenvalue weighted by atomic mass is 16.5. The van der Waals surface area contributed by atoms with Crippen LogP contribution in [0.4, 0.5) is 4.79 Å². The van der Waals surface area contributed by atoms with E-state index >= 15 is 0 Å². The third-order valence-corrected chi connectivity index (χ3v) is 8.08. The van der Waals surface area contributed by atoms with E-state index < -0.39 is 30.1 Å². The fourth-order valence-electron chi connectivity index (χ4n) is 6.02. The fraction of sp³-hybridized carbons (Fsp3) is 0.344. The summed E-state index contributed by atoms with van der Waals surface area (Å²) < 4.78 is 5.74. The summed E-state index contributed by atoms with van der Waals surface area (Å²) in [5.74, 6) is -1.93. The Labute approximate surface area is 234 Å². The van der Waals surface area contributed by atoms with Crippen LogP contribution in [0.2, 0.25) is 0 Å². The van der Waals surface area contributed by atoms with Gasteiger partial charge in [-0.1, -0.05) is 78.9 Å². The predicted octanol–water partition coefficient (Wildman–Crippen LogP) is 4.35. The number of likely N-dealkylation sites (N-methyl/N-ethyl adjacent to an activating group) is 1. The number of nitrogens with one attached hydrogen (secondary N) is 1. The van der Waals surface area contributed by atoms with Gasteiger partial charge in [-0.25, -0.2) is 4.79 Å². The Hall–Kier alpha value is -4.17. The minimum absolute atomic E-state index is 0.0945. The van der Waals surface area contributed by atoms with Gasteiger partial charge in [0.05, 0.1) is 5.92 Å². The third-order valence-electron chi connectivity index (χ3n) is 8.08. The van der Waals surface area contributed by atoms with Crippen LogP contribution >= 0.6 is 0 Å². The molecule has 1 aliphatic heterocycles. The lowest BCUT2D eigenvalue weighted by Crippen LogP contribution is -2.54. The molecule has 0 saturated carbocycles. The van der Waals surface area contributed by atoms with Gasteiger partial charge in [0.1, 0.15) is 12.6 Å². The summed E-state index contributed by atoms with van der Waals surface area (Å²) in [5, 5.41) is 12.4. The number of nitrogens with zero attached hydrogens (tertiary/aromatic N) is 2.